The van der Waals surface area contributed by atoms with Crippen LogP contribution < -0.4 is 0 Å². The third kappa shape index (κ3) is 2.36. The van der Waals surface area contributed by atoms with Crippen molar-refractivity contribution in [2.75, 3.05) is 0 Å². The van der Waals surface area contributed by atoms with Gasteiger partial charge in [-0.2, -0.15) is 4.98 Å². The predicted octanol–water partition coefficient (Wildman–Crippen LogP) is 4.00. The summed E-state index contributed by atoms with van der Waals surface area (Å²) in [5.74, 6) is 1.13. The Kier molecular flexibility index (Phi) is 3.46. The van der Waals surface area contributed by atoms with E-state index in [4.69, 9.17) is 27.7 Å². The van der Waals surface area contributed by atoms with E-state index >= 15 is 0 Å². The van der Waals surface area contributed by atoms with Crippen molar-refractivity contribution in [3.05, 3.63) is 34.1 Å². The van der Waals surface area contributed by atoms with E-state index in [1.807, 2.05) is 0 Å². The van der Waals surface area contributed by atoms with Gasteiger partial charge in [-0.15, -0.1) is 0 Å². The van der Waals surface area contributed by atoms with Gasteiger partial charge in [-0.25, -0.2) is 0 Å². The second-order valence-electron chi connectivity index (χ2n) is 3.39. The molecule has 2 rings (SSSR count). The summed E-state index contributed by atoms with van der Waals surface area (Å²) in [6.07, 6.45) is 1.74. The van der Waals surface area contributed by atoms with Crippen LogP contribution >= 0.6 is 23.2 Å². The first-order chi connectivity index (χ1) is 7.70. The van der Waals surface area contributed by atoms with Crippen molar-refractivity contribution in [1.29, 1.82) is 0 Å². The van der Waals surface area contributed by atoms with Gasteiger partial charge in [-0.3, -0.25) is 0 Å². The molecule has 0 aliphatic rings. The van der Waals surface area contributed by atoms with Gasteiger partial charge in [0.15, 0.2) is 0 Å². The van der Waals surface area contributed by atoms with Crippen molar-refractivity contribution in [2.45, 2.75) is 19.8 Å². The van der Waals surface area contributed by atoms with Crippen LogP contribution in [0.5, 0.6) is 0 Å². The minimum Gasteiger partial charge on any atom is -0.339 e. The Bertz CT molecular complexity index is 496. The lowest BCUT2D eigenvalue weighted by Gasteiger charge is -1.98. The molecule has 0 amide bonds. The summed E-state index contributed by atoms with van der Waals surface area (Å²) in [4.78, 5) is 4.26. The zero-order valence-corrected chi connectivity index (χ0v) is 10.2. The number of hydrogen-bond donors (Lipinski definition) is 0. The maximum absolute atomic E-state index is 6.04. The molecular weight excluding hydrogens is 247 g/mol. The molecular formula is C11H10Cl2N2O. The molecule has 1 heterocycles. The molecule has 0 aliphatic carbocycles. The molecule has 0 fully saturated rings. The maximum Gasteiger partial charge on any atom is 0.226 e. The standard InChI is InChI=1S/C11H10Cl2N2O/c1-2-3-10-14-11(15-16-10)8-5-4-7(12)6-9(8)13/h4-6H,2-3H2,1H3. The molecule has 0 bridgehead atoms. The van der Waals surface area contributed by atoms with Crippen LogP contribution in [0.1, 0.15) is 19.2 Å². The topological polar surface area (TPSA) is 38.9 Å². The lowest BCUT2D eigenvalue weighted by atomic mass is 10.2. The van der Waals surface area contributed by atoms with Crippen molar-refractivity contribution in [3.8, 4) is 11.4 Å². The zero-order chi connectivity index (χ0) is 11.5. The van der Waals surface area contributed by atoms with E-state index < -0.39 is 0 Å². The van der Waals surface area contributed by atoms with E-state index in [2.05, 4.69) is 17.1 Å². The second kappa shape index (κ2) is 4.85. The highest BCUT2D eigenvalue weighted by Gasteiger charge is 2.11. The highest BCUT2D eigenvalue weighted by Crippen LogP contribution is 2.28. The fraction of sp³-hybridized carbons (Fsp3) is 0.273. The number of rotatable bonds is 3. The summed E-state index contributed by atoms with van der Waals surface area (Å²) in [6.45, 7) is 2.05. The van der Waals surface area contributed by atoms with Gasteiger partial charge in [0.25, 0.3) is 0 Å². The molecule has 16 heavy (non-hydrogen) atoms. The van der Waals surface area contributed by atoms with Crippen LogP contribution in [0.15, 0.2) is 22.7 Å². The lowest BCUT2D eigenvalue weighted by Crippen LogP contribution is -1.84. The first-order valence-corrected chi connectivity index (χ1v) is 5.74. The molecule has 84 valence electrons. The Morgan fingerprint density at radius 3 is 2.81 bits per heavy atom. The van der Waals surface area contributed by atoms with Crippen LogP contribution in [0, 0.1) is 0 Å². The van der Waals surface area contributed by atoms with E-state index in [0.717, 1.165) is 18.4 Å². The summed E-state index contributed by atoms with van der Waals surface area (Å²) < 4.78 is 5.09. The lowest BCUT2D eigenvalue weighted by molar-refractivity contribution is 0.378. The smallest absolute Gasteiger partial charge is 0.226 e. The molecule has 5 heteroatoms. The summed E-state index contributed by atoms with van der Waals surface area (Å²) in [7, 11) is 0. The third-order valence-corrected chi connectivity index (χ3v) is 2.65. The van der Waals surface area contributed by atoms with Crippen LogP contribution in [0.2, 0.25) is 10.0 Å². The quantitative estimate of drug-likeness (QED) is 0.834. The van der Waals surface area contributed by atoms with Crippen molar-refractivity contribution in [1.82, 2.24) is 10.1 Å². The van der Waals surface area contributed by atoms with Crippen molar-refractivity contribution < 1.29 is 4.52 Å². The SMILES string of the molecule is CCCc1nc(-c2ccc(Cl)cc2Cl)no1. The van der Waals surface area contributed by atoms with Crippen molar-refractivity contribution in [3.63, 3.8) is 0 Å². The van der Waals surface area contributed by atoms with E-state index in [1.165, 1.54) is 0 Å². The molecule has 1 aromatic heterocycles. The summed E-state index contributed by atoms with van der Waals surface area (Å²) >= 11 is 11.9. The number of nitrogens with zero attached hydrogens (tertiary/aromatic N) is 2. The number of benzene rings is 1. The van der Waals surface area contributed by atoms with E-state index in [9.17, 15) is 0 Å². The molecule has 2 aromatic rings. The van der Waals surface area contributed by atoms with Gasteiger partial charge in [0.1, 0.15) is 0 Å². The molecule has 0 aliphatic heterocycles. The molecule has 0 saturated heterocycles. The van der Waals surface area contributed by atoms with Gasteiger partial charge >= 0.3 is 0 Å². The minimum absolute atomic E-state index is 0.505. The van der Waals surface area contributed by atoms with Gasteiger partial charge < -0.3 is 4.52 Å². The highest BCUT2D eigenvalue weighted by atomic mass is 35.5. The van der Waals surface area contributed by atoms with Crippen LogP contribution in [0.4, 0.5) is 0 Å². The van der Waals surface area contributed by atoms with Crippen molar-refractivity contribution in [2.24, 2.45) is 0 Å². The first kappa shape index (κ1) is 11.4. The minimum atomic E-state index is 0.505. The molecule has 0 radical (unpaired) electrons. The average Bonchev–Trinajstić information content (AvgIpc) is 2.67. The summed E-state index contributed by atoms with van der Waals surface area (Å²) in [5, 5.41) is 5.00. The number of aromatic nitrogens is 2. The Morgan fingerprint density at radius 1 is 1.31 bits per heavy atom. The Morgan fingerprint density at radius 2 is 2.12 bits per heavy atom. The van der Waals surface area contributed by atoms with E-state index in [-0.39, 0.29) is 0 Å². The molecule has 0 atom stereocenters. The Hall–Kier alpha value is -1.06. The van der Waals surface area contributed by atoms with E-state index in [1.54, 1.807) is 18.2 Å². The molecule has 0 unspecified atom stereocenters. The van der Waals surface area contributed by atoms with Gasteiger partial charge in [0, 0.05) is 17.0 Å². The highest BCUT2D eigenvalue weighted by molar-refractivity contribution is 6.36. The van der Waals surface area contributed by atoms with Crippen LogP contribution in [0.3, 0.4) is 0 Å². The zero-order valence-electron chi connectivity index (χ0n) is 8.70. The number of hydrogen-bond acceptors (Lipinski definition) is 3. The molecule has 3 nitrogen and oxygen atoms in total. The normalized spacial score (nSPS) is 10.7. The van der Waals surface area contributed by atoms with Crippen LogP contribution in [-0.2, 0) is 6.42 Å². The monoisotopic (exact) mass is 256 g/mol. The first-order valence-electron chi connectivity index (χ1n) is 4.98. The number of halogens is 2. The van der Waals surface area contributed by atoms with Crippen LogP contribution in [0.25, 0.3) is 11.4 Å². The van der Waals surface area contributed by atoms with Gasteiger partial charge in [0.05, 0.1) is 5.02 Å². The predicted molar refractivity (Wildman–Crippen MR) is 63.7 cm³/mol. The Balaban J connectivity index is 2.35. The van der Waals surface area contributed by atoms with E-state index in [0.29, 0.717) is 21.8 Å². The fourth-order valence-electron chi connectivity index (χ4n) is 1.35. The third-order valence-electron chi connectivity index (χ3n) is 2.10. The van der Waals surface area contributed by atoms with Crippen LogP contribution in [-0.4, -0.2) is 10.1 Å². The largest absolute Gasteiger partial charge is 0.339 e. The molecule has 0 saturated carbocycles. The summed E-state index contributed by atoms with van der Waals surface area (Å²) in [6, 6.07) is 5.19. The summed E-state index contributed by atoms with van der Waals surface area (Å²) in [5.41, 5.74) is 0.733. The Labute approximate surface area is 103 Å². The molecule has 1 aromatic carbocycles. The van der Waals surface area contributed by atoms with Crippen molar-refractivity contribution >= 4 is 23.2 Å². The average molecular weight is 257 g/mol. The molecule has 0 spiro atoms. The van der Waals surface area contributed by atoms with Gasteiger partial charge in [-0.1, -0.05) is 35.3 Å². The van der Waals surface area contributed by atoms with Gasteiger partial charge in [-0.05, 0) is 24.6 Å². The van der Waals surface area contributed by atoms with Gasteiger partial charge in [0.2, 0.25) is 11.7 Å². The maximum atomic E-state index is 6.04. The molecule has 0 N–H and O–H groups in total. The second-order valence-corrected chi connectivity index (χ2v) is 4.23. The number of aryl methyl sites for hydroxylation is 1. The fourth-order valence-corrected chi connectivity index (χ4v) is 1.84.